The van der Waals surface area contributed by atoms with Gasteiger partial charge in [-0.3, -0.25) is 9.69 Å². The quantitative estimate of drug-likeness (QED) is 0.796. The summed E-state index contributed by atoms with van der Waals surface area (Å²) in [4.78, 5) is 47.9. The minimum absolute atomic E-state index is 0.128. The van der Waals surface area contributed by atoms with Gasteiger partial charge in [-0.1, -0.05) is 0 Å². The van der Waals surface area contributed by atoms with Crippen molar-refractivity contribution in [1.29, 1.82) is 0 Å². The average Bonchev–Trinajstić information content (AvgIpc) is 2.79. The summed E-state index contributed by atoms with van der Waals surface area (Å²) in [5, 5.41) is 2.81. The van der Waals surface area contributed by atoms with Crippen molar-refractivity contribution >= 4 is 18.0 Å². The van der Waals surface area contributed by atoms with Gasteiger partial charge in [-0.15, -0.1) is 0 Å². The van der Waals surface area contributed by atoms with E-state index in [0.29, 0.717) is 31.5 Å². The number of carbonyl (C=O) groups is 3. The molecule has 3 heterocycles. The van der Waals surface area contributed by atoms with Crippen LogP contribution in [0, 0.1) is 0 Å². The van der Waals surface area contributed by atoms with Crippen LogP contribution in [0.1, 0.15) is 39.2 Å². The highest BCUT2D eigenvalue weighted by molar-refractivity contribution is 6.07. The van der Waals surface area contributed by atoms with Gasteiger partial charge in [0.15, 0.2) is 0 Å². The second kappa shape index (κ2) is 6.54. The van der Waals surface area contributed by atoms with Crippen LogP contribution in [0.4, 0.5) is 9.59 Å². The Kier molecular flexibility index (Phi) is 4.55. The lowest BCUT2D eigenvalue weighted by molar-refractivity contribution is -0.133. The highest BCUT2D eigenvalue weighted by atomic mass is 16.6. The average molecular weight is 361 g/mol. The van der Waals surface area contributed by atoms with Crippen molar-refractivity contribution < 1.29 is 19.1 Å². The first-order valence-electron chi connectivity index (χ1n) is 8.56. The molecule has 1 aromatic rings. The van der Waals surface area contributed by atoms with E-state index >= 15 is 0 Å². The first-order chi connectivity index (χ1) is 12.2. The summed E-state index contributed by atoms with van der Waals surface area (Å²) in [5.74, 6) is -0.268. The molecule has 2 saturated heterocycles. The van der Waals surface area contributed by atoms with Gasteiger partial charge in [0, 0.05) is 31.0 Å². The molecule has 9 nitrogen and oxygen atoms in total. The van der Waals surface area contributed by atoms with E-state index < -0.39 is 23.3 Å². The zero-order chi connectivity index (χ0) is 18.9. The van der Waals surface area contributed by atoms with Gasteiger partial charge in [-0.2, -0.15) is 0 Å². The van der Waals surface area contributed by atoms with E-state index in [0.717, 1.165) is 0 Å². The van der Waals surface area contributed by atoms with Crippen molar-refractivity contribution in [3.8, 4) is 0 Å². The number of imide groups is 1. The van der Waals surface area contributed by atoms with Crippen LogP contribution in [0.15, 0.2) is 18.7 Å². The fourth-order valence-corrected chi connectivity index (χ4v) is 3.15. The minimum Gasteiger partial charge on any atom is -0.444 e. The largest absolute Gasteiger partial charge is 0.444 e. The molecular weight excluding hydrogens is 338 g/mol. The number of piperidine rings is 1. The van der Waals surface area contributed by atoms with Gasteiger partial charge in [0.2, 0.25) is 0 Å². The van der Waals surface area contributed by atoms with Crippen LogP contribution in [0.5, 0.6) is 0 Å². The Balaban J connectivity index is 1.64. The third kappa shape index (κ3) is 3.61. The van der Waals surface area contributed by atoms with Crippen LogP contribution in [-0.4, -0.2) is 62.0 Å². The van der Waals surface area contributed by atoms with Gasteiger partial charge >= 0.3 is 12.1 Å². The molecule has 2 fully saturated rings. The van der Waals surface area contributed by atoms with Crippen molar-refractivity contribution in [1.82, 2.24) is 25.1 Å². The second-order valence-corrected chi connectivity index (χ2v) is 7.62. The molecule has 26 heavy (non-hydrogen) atoms. The molecule has 140 valence electrons. The number of carbonyl (C=O) groups excluding carboxylic acids is 3. The Hall–Kier alpha value is -2.71. The molecule has 0 aromatic carbocycles. The van der Waals surface area contributed by atoms with Gasteiger partial charge in [0.25, 0.3) is 5.91 Å². The second-order valence-electron chi connectivity index (χ2n) is 7.62. The third-order valence-electron chi connectivity index (χ3n) is 4.47. The van der Waals surface area contributed by atoms with Gasteiger partial charge in [0.1, 0.15) is 17.5 Å². The van der Waals surface area contributed by atoms with Crippen LogP contribution >= 0.6 is 0 Å². The number of hydrogen-bond acceptors (Lipinski definition) is 6. The predicted octanol–water partition coefficient (Wildman–Crippen LogP) is 1.30. The fourth-order valence-electron chi connectivity index (χ4n) is 3.15. The van der Waals surface area contributed by atoms with Gasteiger partial charge < -0.3 is 15.0 Å². The number of ether oxygens (including phenoxy) is 1. The lowest BCUT2D eigenvalue weighted by Crippen LogP contribution is -2.56. The summed E-state index contributed by atoms with van der Waals surface area (Å²) in [7, 11) is 0. The lowest BCUT2D eigenvalue weighted by atomic mass is 9.87. The van der Waals surface area contributed by atoms with Crippen LogP contribution in [0.2, 0.25) is 0 Å². The van der Waals surface area contributed by atoms with Crippen molar-refractivity contribution in [3.05, 3.63) is 24.3 Å². The number of aromatic nitrogens is 2. The molecule has 0 saturated carbocycles. The molecule has 0 radical (unpaired) electrons. The topological polar surface area (TPSA) is 105 Å². The molecule has 9 heteroatoms. The number of urea groups is 1. The maximum atomic E-state index is 12.9. The molecule has 4 amide bonds. The fraction of sp³-hybridized carbons (Fsp3) is 0.588. The number of nitrogens with zero attached hydrogens (tertiary/aromatic N) is 4. The minimum atomic E-state index is -0.953. The Bertz CT molecular complexity index is 708. The monoisotopic (exact) mass is 361 g/mol. The highest BCUT2D eigenvalue weighted by Gasteiger charge is 2.52. The van der Waals surface area contributed by atoms with Gasteiger partial charge in [0.05, 0.1) is 6.54 Å². The zero-order valence-electron chi connectivity index (χ0n) is 15.2. The Labute approximate surface area is 151 Å². The normalized spacial score (nSPS) is 19.7. The molecule has 1 spiro atoms. The molecule has 0 atom stereocenters. The molecule has 2 aliphatic rings. The van der Waals surface area contributed by atoms with Crippen LogP contribution in [0.25, 0.3) is 0 Å². The van der Waals surface area contributed by atoms with Gasteiger partial charge in [-0.05, 0) is 33.6 Å². The summed E-state index contributed by atoms with van der Waals surface area (Å²) in [6, 6.07) is -0.426. The number of rotatable bonds is 2. The van der Waals surface area contributed by atoms with Gasteiger partial charge in [-0.25, -0.2) is 19.6 Å². The Morgan fingerprint density at radius 1 is 1.23 bits per heavy atom. The summed E-state index contributed by atoms with van der Waals surface area (Å²) in [6.07, 6.45) is 4.86. The SMILES string of the molecule is CC(C)(C)OC(=O)N1CCC2(CC1)NC(=O)N(Cc1cncnc1)C2=O. The van der Waals surface area contributed by atoms with Crippen molar-refractivity contribution in [3.63, 3.8) is 0 Å². The molecule has 2 aliphatic heterocycles. The molecular formula is C17H23N5O4. The molecule has 1 N–H and O–H groups in total. The smallest absolute Gasteiger partial charge is 0.410 e. The molecule has 0 unspecified atom stereocenters. The van der Waals surface area contributed by atoms with Crippen molar-refractivity contribution in [2.75, 3.05) is 13.1 Å². The first-order valence-corrected chi connectivity index (χ1v) is 8.56. The highest BCUT2D eigenvalue weighted by Crippen LogP contribution is 2.30. The van der Waals surface area contributed by atoms with Crippen LogP contribution < -0.4 is 5.32 Å². The molecule has 0 aliphatic carbocycles. The van der Waals surface area contributed by atoms with Crippen molar-refractivity contribution in [2.45, 2.75) is 51.3 Å². The Morgan fingerprint density at radius 3 is 2.42 bits per heavy atom. The Morgan fingerprint density at radius 2 is 1.85 bits per heavy atom. The predicted molar refractivity (Wildman–Crippen MR) is 90.9 cm³/mol. The van der Waals surface area contributed by atoms with E-state index in [-0.39, 0.29) is 12.5 Å². The number of likely N-dealkylation sites (tertiary alicyclic amines) is 1. The number of amides is 4. The summed E-state index contributed by atoms with van der Waals surface area (Å²) >= 11 is 0. The van der Waals surface area contributed by atoms with E-state index in [9.17, 15) is 14.4 Å². The summed E-state index contributed by atoms with van der Waals surface area (Å²) < 4.78 is 5.37. The molecule has 1 aromatic heterocycles. The number of nitrogens with one attached hydrogen (secondary N) is 1. The maximum Gasteiger partial charge on any atom is 0.410 e. The standard InChI is InChI=1S/C17H23N5O4/c1-16(2,3)26-15(25)21-6-4-17(5-7-21)13(23)22(14(24)20-17)10-12-8-18-11-19-9-12/h8-9,11H,4-7,10H2,1-3H3,(H,20,24). The van der Waals surface area contributed by atoms with E-state index in [1.807, 2.05) is 20.8 Å². The lowest BCUT2D eigenvalue weighted by Gasteiger charge is -2.37. The number of hydrogen-bond donors (Lipinski definition) is 1. The first kappa shape index (κ1) is 18.1. The van der Waals surface area contributed by atoms with E-state index in [1.165, 1.54) is 11.2 Å². The third-order valence-corrected chi connectivity index (χ3v) is 4.47. The van der Waals surface area contributed by atoms with E-state index in [4.69, 9.17) is 4.74 Å². The van der Waals surface area contributed by atoms with E-state index in [1.54, 1.807) is 17.3 Å². The van der Waals surface area contributed by atoms with Crippen LogP contribution in [0.3, 0.4) is 0 Å². The summed E-state index contributed by atoms with van der Waals surface area (Å²) in [5.41, 5.74) is -0.845. The molecule has 0 bridgehead atoms. The van der Waals surface area contributed by atoms with Crippen molar-refractivity contribution in [2.24, 2.45) is 0 Å². The maximum absolute atomic E-state index is 12.9. The van der Waals surface area contributed by atoms with E-state index in [2.05, 4.69) is 15.3 Å². The van der Waals surface area contributed by atoms with Crippen LogP contribution in [-0.2, 0) is 16.1 Å². The summed E-state index contributed by atoms with van der Waals surface area (Å²) in [6.45, 7) is 6.25. The zero-order valence-corrected chi connectivity index (χ0v) is 15.2. The molecule has 3 rings (SSSR count).